The third kappa shape index (κ3) is 3.89. The molecule has 0 fully saturated rings. The number of ether oxygens (including phenoxy) is 1. The van der Waals surface area contributed by atoms with Crippen LogP contribution in [0.4, 0.5) is 13.2 Å². The van der Waals surface area contributed by atoms with Crippen molar-refractivity contribution < 1.29 is 17.9 Å². The van der Waals surface area contributed by atoms with Crippen molar-refractivity contribution in [2.75, 3.05) is 0 Å². The Morgan fingerprint density at radius 2 is 1.93 bits per heavy atom. The van der Waals surface area contributed by atoms with Crippen LogP contribution in [0.15, 0.2) is 54.7 Å². The van der Waals surface area contributed by atoms with Gasteiger partial charge in [0, 0.05) is 23.8 Å². The lowest BCUT2D eigenvalue weighted by Gasteiger charge is -2.24. The number of rotatable bonds is 6. The fraction of sp³-hybridized carbons (Fsp3) is 0.286. The lowest BCUT2D eigenvalue weighted by Crippen LogP contribution is -2.25. The summed E-state index contributed by atoms with van der Waals surface area (Å²) in [5.74, 6) is -0.153. The maximum Gasteiger partial charge on any atom is 0.387 e. The van der Waals surface area contributed by atoms with E-state index in [4.69, 9.17) is 0 Å². The van der Waals surface area contributed by atoms with Crippen LogP contribution in [-0.2, 0) is 13.0 Å². The van der Waals surface area contributed by atoms with Crippen LogP contribution in [0, 0.1) is 5.82 Å². The number of nitrogens with zero attached hydrogens (tertiary/aromatic N) is 2. The van der Waals surface area contributed by atoms with Crippen LogP contribution >= 0.6 is 0 Å². The third-order valence-corrected chi connectivity index (χ3v) is 4.96. The summed E-state index contributed by atoms with van der Waals surface area (Å²) in [6.07, 6.45) is 4.59. The van der Waals surface area contributed by atoms with Gasteiger partial charge >= 0.3 is 6.61 Å². The molecule has 146 valence electrons. The van der Waals surface area contributed by atoms with Crippen LogP contribution < -0.4 is 10.1 Å². The monoisotopic (exact) mass is 387 g/mol. The van der Waals surface area contributed by atoms with E-state index >= 15 is 0 Å². The minimum absolute atomic E-state index is 0.112. The van der Waals surface area contributed by atoms with E-state index in [0.29, 0.717) is 12.2 Å². The molecule has 0 saturated carbocycles. The summed E-state index contributed by atoms with van der Waals surface area (Å²) in [5.41, 5.74) is 3.52. The van der Waals surface area contributed by atoms with Gasteiger partial charge in [0.1, 0.15) is 17.3 Å². The highest BCUT2D eigenvalue weighted by molar-refractivity contribution is 5.38. The lowest BCUT2D eigenvalue weighted by molar-refractivity contribution is -0.0498. The van der Waals surface area contributed by atoms with Gasteiger partial charge in [0.05, 0.1) is 6.20 Å². The van der Waals surface area contributed by atoms with Crippen molar-refractivity contribution in [2.45, 2.75) is 38.5 Å². The molecule has 2 aromatic carbocycles. The Labute approximate surface area is 160 Å². The van der Waals surface area contributed by atoms with Crippen LogP contribution in [0.25, 0.3) is 5.69 Å². The molecule has 0 bridgehead atoms. The molecule has 3 aromatic rings. The Kier molecular flexibility index (Phi) is 5.34. The number of benzene rings is 2. The van der Waals surface area contributed by atoms with Crippen LogP contribution in [0.3, 0.4) is 0 Å². The number of hydrogen-bond donors (Lipinski definition) is 1. The van der Waals surface area contributed by atoms with E-state index in [1.54, 1.807) is 41.2 Å². The molecule has 1 unspecified atom stereocenters. The standard InChI is InChI=1S/C21H20F3N3O/c22-17-4-1-2-6-20(17)27-19-7-3-5-18(16(19)13-26-27)25-12-14-8-10-15(11-9-14)28-21(23)24/h1-2,4,6,8-11,13,18,21,25H,3,5,7,12H2. The average molecular weight is 387 g/mol. The summed E-state index contributed by atoms with van der Waals surface area (Å²) in [7, 11) is 0. The molecule has 1 N–H and O–H groups in total. The molecule has 1 atom stereocenters. The van der Waals surface area contributed by atoms with Gasteiger partial charge in [-0.05, 0) is 49.1 Å². The van der Waals surface area contributed by atoms with Gasteiger partial charge in [0.25, 0.3) is 0 Å². The van der Waals surface area contributed by atoms with E-state index in [-0.39, 0.29) is 17.6 Å². The van der Waals surface area contributed by atoms with E-state index < -0.39 is 6.61 Å². The molecule has 1 aliphatic carbocycles. The van der Waals surface area contributed by atoms with Crippen molar-refractivity contribution in [1.82, 2.24) is 15.1 Å². The van der Waals surface area contributed by atoms with Gasteiger partial charge in [-0.25, -0.2) is 9.07 Å². The molecule has 4 nitrogen and oxygen atoms in total. The van der Waals surface area contributed by atoms with Gasteiger partial charge in [0.2, 0.25) is 0 Å². The summed E-state index contributed by atoms with van der Waals surface area (Å²) < 4.78 is 44.7. The highest BCUT2D eigenvalue weighted by Crippen LogP contribution is 2.31. The van der Waals surface area contributed by atoms with Crippen molar-refractivity contribution in [3.05, 3.63) is 77.4 Å². The summed E-state index contributed by atoms with van der Waals surface area (Å²) in [4.78, 5) is 0. The minimum Gasteiger partial charge on any atom is -0.435 e. The average Bonchev–Trinajstić information content (AvgIpc) is 3.12. The number of nitrogens with one attached hydrogen (secondary N) is 1. The number of aromatic nitrogens is 2. The first-order valence-electron chi connectivity index (χ1n) is 9.20. The lowest BCUT2D eigenvalue weighted by atomic mass is 9.92. The highest BCUT2D eigenvalue weighted by Gasteiger charge is 2.25. The molecule has 0 radical (unpaired) electrons. The number of alkyl halides is 2. The van der Waals surface area contributed by atoms with Crippen molar-refractivity contribution >= 4 is 0 Å². The molecular formula is C21H20F3N3O. The van der Waals surface area contributed by atoms with Crippen molar-refractivity contribution in [3.8, 4) is 11.4 Å². The number of halogens is 3. The molecule has 1 aliphatic rings. The molecule has 4 rings (SSSR count). The second-order valence-corrected chi connectivity index (χ2v) is 6.76. The zero-order chi connectivity index (χ0) is 19.5. The zero-order valence-corrected chi connectivity index (χ0v) is 15.1. The predicted molar refractivity (Wildman–Crippen MR) is 99.1 cm³/mol. The number of fused-ring (bicyclic) bond motifs is 1. The van der Waals surface area contributed by atoms with Crippen LogP contribution in [0.1, 0.15) is 35.7 Å². The van der Waals surface area contributed by atoms with E-state index in [0.717, 1.165) is 36.1 Å². The minimum atomic E-state index is -2.82. The van der Waals surface area contributed by atoms with E-state index in [1.165, 1.54) is 18.2 Å². The molecule has 0 amide bonds. The molecule has 0 saturated heterocycles. The van der Waals surface area contributed by atoms with Crippen LogP contribution in [0.5, 0.6) is 5.75 Å². The molecular weight excluding hydrogens is 367 g/mol. The molecule has 0 spiro atoms. The first kappa shape index (κ1) is 18.6. The molecule has 7 heteroatoms. The van der Waals surface area contributed by atoms with Gasteiger partial charge in [-0.2, -0.15) is 13.9 Å². The SMILES string of the molecule is Fc1ccccc1-n1ncc2c1CCCC2NCc1ccc(OC(F)F)cc1. The van der Waals surface area contributed by atoms with E-state index in [2.05, 4.69) is 15.2 Å². The molecule has 0 aliphatic heterocycles. The number of hydrogen-bond acceptors (Lipinski definition) is 3. The van der Waals surface area contributed by atoms with E-state index in [1.807, 2.05) is 0 Å². The highest BCUT2D eigenvalue weighted by atomic mass is 19.3. The summed E-state index contributed by atoms with van der Waals surface area (Å²) in [6.45, 7) is -2.24. The summed E-state index contributed by atoms with van der Waals surface area (Å²) in [6, 6.07) is 13.3. The predicted octanol–water partition coefficient (Wildman–Crippen LogP) is 4.78. The fourth-order valence-electron chi connectivity index (χ4n) is 3.63. The normalized spacial score (nSPS) is 16.2. The van der Waals surface area contributed by atoms with Gasteiger partial charge in [0.15, 0.2) is 0 Å². The first-order chi connectivity index (χ1) is 13.6. The molecule has 1 aromatic heterocycles. The van der Waals surface area contributed by atoms with Gasteiger partial charge in [-0.3, -0.25) is 0 Å². The summed E-state index contributed by atoms with van der Waals surface area (Å²) in [5, 5.41) is 7.92. The Morgan fingerprint density at radius 3 is 2.68 bits per heavy atom. The molecule has 28 heavy (non-hydrogen) atoms. The van der Waals surface area contributed by atoms with Gasteiger partial charge in [-0.15, -0.1) is 0 Å². The van der Waals surface area contributed by atoms with Crippen molar-refractivity contribution in [2.24, 2.45) is 0 Å². The Balaban J connectivity index is 1.48. The fourth-order valence-corrected chi connectivity index (χ4v) is 3.63. The summed E-state index contributed by atoms with van der Waals surface area (Å²) >= 11 is 0. The van der Waals surface area contributed by atoms with Gasteiger partial charge in [-0.1, -0.05) is 24.3 Å². The second kappa shape index (κ2) is 8.06. The Bertz CT molecular complexity index is 940. The maximum absolute atomic E-state index is 14.2. The van der Waals surface area contributed by atoms with Gasteiger partial charge < -0.3 is 10.1 Å². The Morgan fingerprint density at radius 1 is 1.14 bits per heavy atom. The topological polar surface area (TPSA) is 39.1 Å². The van der Waals surface area contributed by atoms with Crippen molar-refractivity contribution in [1.29, 1.82) is 0 Å². The molecule has 1 heterocycles. The maximum atomic E-state index is 14.2. The third-order valence-electron chi connectivity index (χ3n) is 4.96. The van der Waals surface area contributed by atoms with Crippen molar-refractivity contribution in [3.63, 3.8) is 0 Å². The van der Waals surface area contributed by atoms with Crippen LogP contribution in [0.2, 0.25) is 0 Å². The smallest absolute Gasteiger partial charge is 0.387 e. The number of para-hydroxylation sites is 1. The quantitative estimate of drug-likeness (QED) is 0.662. The largest absolute Gasteiger partial charge is 0.435 e. The Hall–Kier alpha value is -2.80. The zero-order valence-electron chi connectivity index (χ0n) is 15.1. The first-order valence-corrected chi connectivity index (χ1v) is 9.20. The van der Waals surface area contributed by atoms with E-state index in [9.17, 15) is 13.2 Å². The second-order valence-electron chi connectivity index (χ2n) is 6.76. The van der Waals surface area contributed by atoms with Crippen LogP contribution in [-0.4, -0.2) is 16.4 Å².